The Labute approximate surface area is 143 Å². The Kier molecular flexibility index (Phi) is 4.84. The molecular formula is C20H24N2O2. The smallest absolute Gasteiger partial charge is 0.235 e. The van der Waals surface area contributed by atoms with E-state index in [0.717, 1.165) is 31.2 Å². The van der Waals surface area contributed by atoms with Crippen molar-refractivity contribution in [3.63, 3.8) is 0 Å². The van der Waals surface area contributed by atoms with Gasteiger partial charge in [0.15, 0.2) is 0 Å². The van der Waals surface area contributed by atoms with Gasteiger partial charge in [0.1, 0.15) is 11.4 Å². The second kappa shape index (κ2) is 7.04. The summed E-state index contributed by atoms with van der Waals surface area (Å²) < 4.78 is 5.34. The summed E-state index contributed by atoms with van der Waals surface area (Å²) in [4.78, 5) is 17.4. The second-order valence-electron chi connectivity index (χ2n) is 6.49. The van der Waals surface area contributed by atoms with Gasteiger partial charge in [-0.15, -0.1) is 0 Å². The maximum Gasteiger partial charge on any atom is 0.235 e. The van der Waals surface area contributed by atoms with Crippen molar-refractivity contribution in [1.29, 1.82) is 0 Å². The van der Waals surface area contributed by atoms with E-state index < -0.39 is 5.41 Å². The minimum atomic E-state index is -0.468. The first-order valence-corrected chi connectivity index (χ1v) is 8.53. The fourth-order valence-corrected chi connectivity index (χ4v) is 3.78. The van der Waals surface area contributed by atoms with E-state index in [1.165, 1.54) is 12.0 Å². The van der Waals surface area contributed by atoms with Crippen LogP contribution in [0.25, 0.3) is 0 Å². The Hall–Kier alpha value is -2.36. The molecule has 1 aliphatic rings. The molecule has 1 saturated carbocycles. The van der Waals surface area contributed by atoms with E-state index in [1.807, 2.05) is 12.1 Å². The molecule has 126 valence electrons. The largest absolute Gasteiger partial charge is 0.494 e. The number of aromatic nitrogens is 1. The van der Waals surface area contributed by atoms with Crippen molar-refractivity contribution in [2.45, 2.75) is 44.4 Å². The molecule has 0 unspecified atom stereocenters. The first-order chi connectivity index (χ1) is 11.7. The van der Waals surface area contributed by atoms with Crippen LogP contribution in [0.4, 0.5) is 5.69 Å². The number of carbonyl (C=O) groups is 1. The summed E-state index contributed by atoms with van der Waals surface area (Å²) in [6.45, 7) is 2.09. The van der Waals surface area contributed by atoms with Crippen LogP contribution in [0, 0.1) is 6.92 Å². The number of hydrogen-bond acceptors (Lipinski definition) is 3. The number of nitrogens with zero attached hydrogens (tertiary/aromatic N) is 1. The monoisotopic (exact) mass is 324 g/mol. The lowest BCUT2D eigenvalue weighted by Gasteiger charge is -2.37. The summed E-state index contributed by atoms with van der Waals surface area (Å²) >= 11 is 0. The number of pyridine rings is 1. The molecule has 1 aliphatic carbocycles. The Morgan fingerprint density at radius 1 is 1.17 bits per heavy atom. The van der Waals surface area contributed by atoms with Crippen LogP contribution in [0.5, 0.6) is 5.75 Å². The highest BCUT2D eigenvalue weighted by Crippen LogP contribution is 2.42. The highest BCUT2D eigenvalue weighted by molar-refractivity contribution is 6.00. The molecule has 0 saturated heterocycles. The molecule has 0 radical (unpaired) electrons. The molecule has 0 bridgehead atoms. The van der Waals surface area contributed by atoms with Gasteiger partial charge >= 0.3 is 0 Å². The first kappa shape index (κ1) is 16.5. The lowest BCUT2D eigenvalue weighted by atomic mass is 9.67. The van der Waals surface area contributed by atoms with Gasteiger partial charge in [0.2, 0.25) is 5.91 Å². The standard InChI is InChI=1S/C20H24N2O2/c1-15-8-4-5-9-16(15)20(11-6-3-7-12-20)19(23)22-17-14-21-13-10-18(17)24-2/h4-5,8-10,13-14H,3,6-7,11-12H2,1-2H3,(H,22,23). The van der Waals surface area contributed by atoms with E-state index in [0.29, 0.717) is 11.4 Å². The van der Waals surface area contributed by atoms with Gasteiger partial charge in [-0.3, -0.25) is 9.78 Å². The quantitative estimate of drug-likeness (QED) is 0.915. The van der Waals surface area contributed by atoms with Gasteiger partial charge in [0.05, 0.1) is 18.7 Å². The molecule has 0 atom stereocenters. The molecule has 1 aromatic carbocycles. The number of amides is 1. The van der Waals surface area contributed by atoms with Gasteiger partial charge in [-0.05, 0) is 30.9 Å². The van der Waals surface area contributed by atoms with Crippen LogP contribution in [-0.2, 0) is 10.2 Å². The van der Waals surface area contributed by atoms with E-state index in [9.17, 15) is 4.79 Å². The van der Waals surface area contributed by atoms with Gasteiger partial charge in [-0.25, -0.2) is 0 Å². The number of methoxy groups -OCH3 is 1. The Balaban J connectivity index is 1.97. The number of hydrogen-bond donors (Lipinski definition) is 1. The lowest BCUT2D eigenvalue weighted by Crippen LogP contribution is -2.42. The third kappa shape index (κ3) is 3.01. The third-order valence-electron chi connectivity index (χ3n) is 5.05. The number of carbonyl (C=O) groups excluding carboxylic acids is 1. The molecular weight excluding hydrogens is 300 g/mol. The molecule has 0 aliphatic heterocycles. The summed E-state index contributed by atoms with van der Waals surface area (Å²) in [5.41, 5.74) is 2.48. The minimum absolute atomic E-state index is 0.0443. The number of anilines is 1. The van der Waals surface area contributed by atoms with Crippen LogP contribution in [0.2, 0.25) is 0 Å². The highest BCUT2D eigenvalue weighted by Gasteiger charge is 2.42. The maximum atomic E-state index is 13.3. The van der Waals surface area contributed by atoms with Crippen LogP contribution < -0.4 is 10.1 Å². The first-order valence-electron chi connectivity index (χ1n) is 8.53. The zero-order valence-corrected chi connectivity index (χ0v) is 14.3. The zero-order chi connectivity index (χ0) is 17.0. The normalized spacial score (nSPS) is 16.4. The fourth-order valence-electron chi connectivity index (χ4n) is 3.78. The number of nitrogens with one attached hydrogen (secondary N) is 1. The number of benzene rings is 1. The van der Waals surface area contributed by atoms with E-state index in [2.05, 4.69) is 29.4 Å². The number of ether oxygens (including phenoxy) is 1. The molecule has 24 heavy (non-hydrogen) atoms. The third-order valence-corrected chi connectivity index (χ3v) is 5.05. The molecule has 0 spiro atoms. The van der Waals surface area contributed by atoms with Gasteiger partial charge in [0, 0.05) is 12.3 Å². The summed E-state index contributed by atoms with van der Waals surface area (Å²) in [7, 11) is 1.60. The highest BCUT2D eigenvalue weighted by atomic mass is 16.5. The number of aryl methyl sites for hydroxylation is 1. The van der Waals surface area contributed by atoms with Crippen molar-refractivity contribution in [3.05, 3.63) is 53.9 Å². The summed E-state index contributed by atoms with van der Waals surface area (Å²) in [6.07, 6.45) is 8.41. The van der Waals surface area contributed by atoms with Crippen molar-refractivity contribution in [2.24, 2.45) is 0 Å². The van der Waals surface area contributed by atoms with E-state index in [1.54, 1.807) is 25.6 Å². The van der Waals surface area contributed by atoms with E-state index in [4.69, 9.17) is 4.74 Å². The molecule has 1 aromatic heterocycles. The van der Waals surface area contributed by atoms with Gasteiger partial charge in [-0.1, -0.05) is 43.5 Å². The van der Waals surface area contributed by atoms with Gasteiger partial charge in [0.25, 0.3) is 0 Å². The van der Waals surface area contributed by atoms with Crippen molar-refractivity contribution in [3.8, 4) is 5.75 Å². The van der Waals surface area contributed by atoms with Crippen molar-refractivity contribution < 1.29 is 9.53 Å². The summed E-state index contributed by atoms with van der Waals surface area (Å²) in [5, 5.41) is 3.07. The van der Waals surface area contributed by atoms with Gasteiger partial charge < -0.3 is 10.1 Å². The minimum Gasteiger partial charge on any atom is -0.494 e. The van der Waals surface area contributed by atoms with Crippen molar-refractivity contribution in [1.82, 2.24) is 4.98 Å². The zero-order valence-electron chi connectivity index (χ0n) is 14.3. The Morgan fingerprint density at radius 3 is 2.62 bits per heavy atom. The lowest BCUT2D eigenvalue weighted by molar-refractivity contribution is -0.122. The second-order valence-corrected chi connectivity index (χ2v) is 6.49. The topological polar surface area (TPSA) is 51.2 Å². The average molecular weight is 324 g/mol. The Bertz CT molecular complexity index is 721. The summed E-state index contributed by atoms with van der Waals surface area (Å²) in [5.74, 6) is 0.678. The maximum absolute atomic E-state index is 13.3. The Morgan fingerprint density at radius 2 is 1.92 bits per heavy atom. The molecule has 4 nitrogen and oxygen atoms in total. The van der Waals surface area contributed by atoms with Crippen LogP contribution in [-0.4, -0.2) is 18.0 Å². The van der Waals surface area contributed by atoms with Crippen LogP contribution in [0.1, 0.15) is 43.2 Å². The van der Waals surface area contributed by atoms with Crippen molar-refractivity contribution >= 4 is 11.6 Å². The molecule has 4 heteroatoms. The average Bonchev–Trinajstić information content (AvgIpc) is 2.63. The fraction of sp³-hybridized carbons (Fsp3) is 0.400. The predicted molar refractivity (Wildman–Crippen MR) is 95.4 cm³/mol. The van der Waals surface area contributed by atoms with Crippen molar-refractivity contribution in [2.75, 3.05) is 12.4 Å². The predicted octanol–water partition coefficient (Wildman–Crippen LogP) is 4.24. The molecule has 3 rings (SSSR count). The van der Waals surface area contributed by atoms with Crippen LogP contribution in [0.3, 0.4) is 0 Å². The molecule has 1 fully saturated rings. The SMILES string of the molecule is COc1ccncc1NC(=O)C1(c2ccccc2C)CCCCC1. The number of rotatable bonds is 4. The van der Waals surface area contributed by atoms with Gasteiger partial charge in [-0.2, -0.15) is 0 Å². The molecule has 1 N–H and O–H groups in total. The summed E-state index contributed by atoms with van der Waals surface area (Å²) in [6, 6.07) is 10.00. The van der Waals surface area contributed by atoms with Crippen LogP contribution >= 0.6 is 0 Å². The van der Waals surface area contributed by atoms with E-state index >= 15 is 0 Å². The molecule has 1 amide bonds. The molecule has 1 heterocycles. The van der Waals surface area contributed by atoms with Crippen LogP contribution in [0.15, 0.2) is 42.7 Å². The van der Waals surface area contributed by atoms with E-state index in [-0.39, 0.29) is 5.91 Å². The molecule has 2 aromatic rings.